The van der Waals surface area contributed by atoms with Gasteiger partial charge in [0.1, 0.15) is 6.04 Å². The van der Waals surface area contributed by atoms with Crippen LogP contribution in [0.4, 0.5) is 23.7 Å². The number of hydrogen-bond donors (Lipinski definition) is 1. The average Bonchev–Trinajstić information content (AvgIpc) is 3.11. The van der Waals surface area contributed by atoms with Crippen molar-refractivity contribution in [2.45, 2.75) is 51.7 Å². The van der Waals surface area contributed by atoms with Crippen LogP contribution in [0.25, 0.3) is 5.52 Å². The fraction of sp³-hybridized carbons (Fsp3) is 0.591. The molecular formula is C22H28F3N5O2. The summed E-state index contributed by atoms with van der Waals surface area (Å²) in [5.41, 5.74) is 2.18. The van der Waals surface area contributed by atoms with E-state index in [0.29, 0.717) is 37.1 Å². The second-order valence-corrected chi connectivity index (χ2v) is 9.19. The maximum Gasteiger partial charge on any atom is 0.404 e. The van der Waals surface area contributed by atoms with Gasteiger partial charge < -0.3 is 0 Å². The lowest BCUT2D eigenvalue weighted by Crippen LogP contribution is -2.52. The molecular weight excluding hydrogens is 423 g/mol. The van der Waals surface area contributed by atoms with Gasteiger partial charge in [-0.05, 0) is 55.3 Å². The molecule has 0 radical (unpaired) electrons. The van der Waals surface area contributed by atoms with Crippen LogP contribution in [0, 0.1) is 11.8 Å². The zero-order chi connectivity index (χ0) is 23.0. The summed E-state index contributed by atoms with van der Waals surface area (Å²) >= 11 is 0. The van der Waals surface area contributed by atoms with E-state index >= 15 is 0 Å². The third-order valence-corrected chi connectivity index (χ3v) is 6.23. The molecule has 0 bridgehead atoms. The Hall–Kier alpha value is -2.62. The molecule has 2 aliphatic heterocycles. The molecule has 4 heterocycles. The topological polar surface area (TPSA) is 70.0 Å². The van der Waals surface area contributed by atoms with E-state index in [0.717, 1.165) is 5.56 Å². The second kappa shape index (κ2) is 8.73. The van der Waals surface area contributed by atoms with E-state index < -0.39 is 18.2 Å². The number of carbonyl (C=O) groups excluding carboxylic acids is 2. The van der Waals surface area contributed by atoms with E-state index in [4.69, 9.17) is 0 Å². The number of carbonyl (C=O) groups is 2. The highest BCUT2D eigenvalue weighted by Gasteiger charge is 2.46. The van der Waals surface area contributed by atoms with E-state index in [2.05, 4.69) is 10.4 Å². The smallest absolute Gasteiger partial charge is 0.292 e. The SMILES string of the molecule is CC(C)CN1CC[C@H](Cc2ccn3ncc(N4CCC(=O)NC4=O)c3c2)C[C@@H]1C(F)(F)F. The van der Waals surface area contributed by atoms with Crippen molar-refractivity contribution >= 4 is 23.1 Å². The van der Waals surface area contributed by atoms with Crippen molar-refractivity contribution < 1.29 is 22.8 Å². The highest BCUT2D eigenvalue weighted by atomic mass is 19.4. The number of hydrogen-bond acceptors (Lipinski definition) is 4. The van der Waals surface area contributed by atoms with Gasteiger partial charge in [-0.1, -0.05) is 13.8 Å². The molecule has 7 nitrogen and oxygen atoms in total. The van der Waals surface area contributed by atoms with Gasteiger partial charge in [-0.3, -0.25) is 19.9 Å². The minimum Gasteiger partial charge on any atom is -0.292 e. The molecule has 3 amide bonds. The molecule has 174 valence electrons. The number of aromatic nitrogens is 2. The lowest BCUT2D eigenvalue weighted by molar-refractivity contribution is -0.196. The van der Waals surface area contributed by atoms with Crippen molar-refractivity contribution in [2.24, 2.45) is 11.8 Å². The van der Waals surface area contributed by atoms with Crippen LogP contribution in [0.1, 0.15) is 38.7 Å². The molecule has 0 aromatic carbocycles. The zero-order valence-electron chi connectivity index (χ0n) is 18.2. The number of amides is 3. The quantitative estimate of drug-likeness (QED) is 0.754. The number of anilines is 1. The highest BCUT2D eigenvalue weighted by Crippen LogP contribution is 2.36. The van der Waals surface area contributed by atoms with Gasteiger partial charge in [0.05, 0.1) is 17.4 Å². The molecule has 32 heavy (non-hydrogen) atoms. The first-order valence-corrected chi connectivity index (χ1v) is 11.0. The Kier molecular flexibility index (Phi) is 6.15. The van der Waals surface area contributed by atoms with E-state index in [1.165, 1.54) is 4.90 Å². The van der Waals surface area contributed by atoms with E-state index in [1.54, 1.807) is 21.8 Å². The molecule has 0 unspecified atom stereocenters. The first-order valence-electron chi connectivity index (χ1n) is 11.0. The number of imide groups is 1. The summed E-state index contributed by atoms with van der Waals surface area (Å²) in [6, 6.07) is 1.85. The third-order valence-electron chi connectivity index (χ3n) is 6.23. The van der Waals surface area contributed by atoms with Crippen LogP contribution < -0.4 is 10.2 Å². The lowest BCUT2D eigenvalue weighted by Gasteiger charge is -2.41. The van der Waals surface area contributed by atoms with Gasteiger partial charge in [0.2, 0.25) is 5.91 Å². The van der Waals surface area contributed by atoms with Crippen LogP contribution in [0.5, 0.6) is 0 Å². The van der Waals surface area contributed by atoms with E-state index in [-0.39, 0.29) is 37.1 Å². The first kappa shape index (κ1) is 22.6. The monoisotopic (exact) mass is 451 g/mol. The Balaban J connectivity index is 1.52. The number of piperidine rings is 1. The Bertz CT molecular complexity index is 1000. The summed E-state index contributed by atoms with van der Waals surface area (Å²) in [7, 11) is 0. The standard InChI is InChI=1S/C22H28F3N5O2/c1-14(2)13-28-6-3-16(11-19(28)22(23,24)25)9-15-4-8-30-17(10-15)18(12-26-30)29-7-5-20(31)27-21(29)32/h4,8,10,12,14,16,19H,3,5-7,9,11,13H2,1-2H3,(H,27,31,32)/t16-,19-/m1/s1. The fourth-order valence-corrected chi connectivity index (χ4v) is 4.77. The second-order valence-electron chi connectivity index (χ2n) is 9.19. The first-order chi connectivity index (χ1) is 15.1. The molecule has 0 aliphatic carbocycles. The molecule has 2 saturated heterocycles. The summed E-state index contributed by atoms with van der Waals surface area (Å²) in [4.78, 5) is 26.7. The number of pyridine rings is 1. The molecule has 0 saturated carbocycles. The molecule has 1 N–H and O–H groups in total. The van der Waals surface area contributed by atoms with Crippen molar-refractivity contribution in [1.29, 1.82) is 0 Å². The third kappa shape index (κ3) is 4.74. The molecule has 0 spiro atoms. The predicted octanol–water partition coefficient (Wildman–Crippen LogP) is 3.62. The largest absolute Gasteiger partial charge is 0.404 e. The van der Waals surface area contributed by atoms with Crippen molar-refractivity contribution in [3.05, 3.63) is 30.1 Å². The van der Waals surface area contributed by atoms with Crippen molar-refractivity contribution in [2.75, 3.05) is 24.5 Å². The van der Waals surface area contributed by atoms with Crippen molar-refractivity contribution in [3.8, 4) is 0 Å². The van der Waals surface area contributed by atoms with Gasteiger partial charge in [0.15, 0.2) is 0 Å². The molecule has 10 heteroatoms. The number of fused-ring (bicyclic) bond motifs is 1. The van der Waals surface area contributed by atoms with Crippen LogP contribution in [-0.4, -0.2) is 58.3 Å². The summed E-state index contributed by atoms with van der Waals surface area (Å²) in [6.45, 7) is 5.03. The van der Waals surface area contributed by atoms with Crippen LogP contribution >= 0.6 is 0 Å². The number of alkyl halides is 3. The number of likely N-dealkylation sites (tertiary alicyclic amines) is 1. The molecule has 2 fully saturated rings. The molecule has 2 aromatic heterocycles. The number of halogens is 3. The number of urea groups is 1. The van der Waals surface area contributed by atoms with Crippen LogP contribution in [-0.2, 0) is 11.2 Å². The molecule has 2 atom stereocenters. The molecule has 4 rings (SSSR count). The number of nitrogens with one attached hydrogen (secondary N) is 1. The maximum atomic E-state index is 13.7. The number of nitrogens with zero attached hydrogens (tertiary/aromatic N) is 4. The maximum absolute atomic E-state index is 13.7. The van der Waals surface area contributed by atoms with Gasteiger partial charge >= 0.3 is 12.2 Å². The number of rotatable bonds is 5. The lowest BCUT2D eigenvalue weighted by atomic mass is 9.85. The van der Waals surface area contributed by atoms with Gasteiger partial charge in [-0.15, -0.1) is 0 Å². The molecule has 2 aromatic rings. The highest BCUT2D eigenvalue weighted by molar-refractivity contribution is 6.07. The molecule has 2 aliphatic rings. The summed E-state index contributed by atoms with van der Waals surface area (Å²) in [6.07, 6.45) is 0.631. The zero-order valence-corrected chi connectivity index (χ0v) is 18.2. The summed E-state index contributed by atoms with van der Waals surface area (Å²) in [5, 5.41) is 6.57. The Morgan fingerprint density at radius 1 is 1.25 bits per heavy atom. The van der Waals surface area contributed by atoms with Gasteiger partial charge in [0, 0.05) is 25.7 Å². The Morgan fingerprint density at radius 3 is 2.72 bits per heavy atom. The normalized spacial score (nSPS) is 23.2. The predicted molar refractivity (Wildman–Crippen MR) is 113 cm³/mol. The van der Waals surface area contributed by atoms with Crippen molar-refractivity contribution in [1.82, 2.24) is 19.8 Å². The van der Waals surface area contributed by atoms with Crippen molar-refractivity contribution in [3.63, 3.8) is 0 Å². The Labute approximate surface area is 184 Å². The Morgan fingerprint density at radius 2 is 2.03 bits per heavy atom. The fourth-order valence-electron chi connectivity index (χ4n) is 4.77. The van der Waals surface area contributed by atoms with Crippen LogP contribution in [0.2, 0.25) is 0 Å². The summed E-state index contributed by atoms with van der Waals surface area (Å²) in [5.74, 6) is -0.206. The van der Waals surface area contributed by atoms with Gasteiger partial charge in [-0.2, -0.15) is 18.3 Å². The van der Waals surface area contributed by atoms with E-state index in [9.17, 15) is 22.8 Å². The van der Waals surface area contributed by atoms with Crippen LogP contribution in [0.3, 0.4) is 0 Å². The minimum atomic E-state index is -4.24. The minimum absolute atomic E-state index is 0.0743. The van der Waals surface area contributed by atoms with Gasteiger partial charge in [0.25, 0.3) is 0 Å². The average molecular weight is 451 g/mol. The van der Waals surface area contributed by atoms with Gasteiger partial charge in [-0.25, -0.2) is 9.31 Å². The van der Waals surface area contributed by atoms with E-state index in [1.807, 2.05) is 26.0 Å². The van der Waals surface area contributed by atoms with Crippen LogP contribution in [0.15, 0.2) is 24.5 Å². The summed E-state index contributed by atoms with van der Waals surface area (Å²) < 4.78 is 42.8.